The Morgan fingerprint density at radius 1 is 1.19 bits per heavy atom. The Labute approximate surface area is 129 Å². The molecule has 0 saturated heterocycles. The summed E-state index contributed by atoms with van der Waals surface area (Å²) in [4.78, 5) is 4.24. The summed E-state index contributed by atoms with van der Waals surface area (Å²) in [6.07, 6.45) is 1.79. The van der Waals surface area contributed by atoms with Crippen molar-refractivity contribution in [3.8, 4) is 11.6 Å². The third-order valence-corrected chi connectivity index (χ3v) is 3.20. The first-order chi connectivity index (χ1) is 10.1. The number of aromatic hydroxyl groups is 1. The van der Waals surface area contributed by atoms with E-state index in [-0.39, 0.29) is 11.9 Å². The van der Waals surface area contributed by atoms with Gasteiger partial charge in [-0.25, -0.2) is 4.98 Å². The van der Waals surface area contributed by atoms with Crippen molar-refractivity contribution in [1.29, 1.82) is 0 Å². The summed E-state index contributed by atoms with van der Waals surface area (Å²) in [5.74, 6) is 0.756. The van der Waals surface area contributed by atoms with E-state index in [1.807, 2.05) is 38.1 Å². The van der Waals surface area contributed by atoms with Gasteiger partial charge in [-0.3, -0.25) is 0 Å². The van der Waals surface area contributed by atoms with Crippen LogP contribution in [0, 0.1) is 0 Å². The molecule has 0 aliphatic carbocycles. The maximum Gasteiger partial charge on any atom is 0.218 e. The number of phenolic OH excluding ortho intramolecular Hbond substituents is 1. The Morgan fingerprint density at radius 2 is 1.90 bits per heavy atom. The number of aromatic nitrogens is 1. The topological polar surface area (TPSA) is 54.4 Å². The first kappa shape index (κ1) is 15.6. The third-order valence-electron chi connectivity index (χ3n) is 2.90. The van der Waals surface area contributed by atoms with E-state index in [2.05, 4.69) is 10.3 Å². The molecule has 0 amide bonds. The quantitative estimate of drug-likeness (QED) is 0.857. The van der Waals surface area contributed by atoms with Crippen LogP contribution in [0.15, 0.2) is 36.5 Å². The van der Waals surface area contributed by atoms with E-state index >= 15 is 0 Å². The highest BCUT2D eigenvalue weighted by Crippen LogP contribution is 2.26. The monoisotopic (exact) mass is 306 g/mol. The van der Waals surface area contributed by atoms with Crippen molar-refractivity contribution in [2.75, 3.05) is 0 Å². The zero-order chi connectivity index (χ0) is 15.2. The van der Waals surface area contributed by atoms with Gasteiger partial charge in [0.1, 0.15) is 5.75 Å². The van der Waals surface area contributed by atoms with Gasteiger partial charge in [0.25, 0.3) is 0 Å². The zero-order valence-corrected chi connectivity index (χ0v) is 12.9. The maximum absolute atomic E-state index is 9.86. The van der Waals surface area contributed by atoms with Crippen molar-refractivity contribution in [3.63, 3.8) is 0 Å². The van der Waals surface area contributed by atoms with Crippen LogP contribution in [0.5, 0.6) is 11.6 Å². The Kier molecular flexibility index (Phi) is 5.42. The summed E-state index contributed by atoms with van der Waals surface area (Å²) in [6, 6.07) is 9.16. The van der Waals surface area contributed by atoms with Gasteiger partial charge in [0.15, 0.2) is 0 Å². The van der Waals surface area contributed by atoms with Gasteiger partial charge in [-0.05, 0) is 26.0 Å². The number of ether oxygens (including phenoxy) is 1. The van der Waals surface area contributed by atoms with Crippen LogP contribution < -0.4 is 10.1 Å². The molecular weight excluding hydrogens is 288 g/mol. The standard InChI is InChI=1S/C16H19ClN2O2/c1-11(2)21-16-13(6-4-8-19-16)10-18-9-12-5-3-7-14(17)15(12)20/h3-8,11,18,20H,9-10H2,1-2H3. The number of nitrogens with zero attached hydrogens (tertiary/aromatic N) is 1. The van der Waals surface area contributed by atoms with Gasteiger partial charge >= 0.3 is 0 Å². The summed E-state index contributed by atoms with van der Waals surface area (Å²) >= 11 is 5.88. The van der Waals surface area contributed by atoms with Gasteiger partial charge in [0.2, 0.25) is 5.88 Å². The van der Waals surface area contributed by atoms with Crippen LogP contribution in [0.25, 0.3) is 0 Å². The highest BCUT2D eigenvalue weighted by atomic mass is 35.5. The molecular formula is C16H19ClN2O2. The predicted molar refractivity (Wildman–Crippen MR) is 83.7 cm³/mol. The van der Waals surface area contributed by atoms with E-state index in [0.717, 1.165) is 11.1 Å². The zero-order valence-electron chi connectivity index (χ0n) is 12.1. The van der Waals surface area contributed by atoms with E-state index in [1.54, 1.807) is 12.3 Å². The molecule has 2 rings (SSSR count). The van der Waals surface area contributed by atoms with Crippen molar-refractivity contribution in [2.24, 2.45) is 0 Å². The van der Waals surface area contributed by atoms with Crippen LogP contribution in [0.1, 0.15) is 25.0 Å². The van der Waals surface area contributed by atoms with Crippen LogP contribution in [0.2, 0.25) is 5.02 Å². The van der Waals surface area contributed by atoms with Crippen LogP contribution in [-0.4, -0.2) is 16.2 Å². The van der Waals surface area contributed by atoms with Gasteiger partial charge in [0, 0.05) is 30.4 Å². The first-order valence-electron chi connectivity index (χ1n) is 6.85. The van der Waals surface area contributed by atoms with Crippen molar-refractivity contribution in [1.82, 2.24) is 10.3 Å². The van der Waals surface area contributed by atoms with E-state index in [4.69, 9.17) is 16.3 Å². The van der Waals surface area contributed by atoms with Gasteiger partial charge in [-0.15, -0.1) is 0 Å². The second kappa shape index (κ2) is 7.29. The molecule has 0 fully saturated rings. The number of nitrogens with one attached hydrogen (secondary N) is 1. The predicted octanol–water partition coefficient (Wildman–Crippen LogP) is 3.52. The lowest BCUT2D eigenvalue weighted by Gasteiger charge is -2.13. The van der Waals surface area contributed by atoms with E-state index in [9.17, 15) is 5.11 Å². The van der Waals surface area contributed by atoms with E-state index in [0.29, 0.717) is 24.0 Å². The molecule has 112 valence electrons. The number of rotatable bonds is 6. The molecule has 0 unspecified atom stereocenters. The molecule has 2 N–H and O–H groups in total. The van der Waals surface area contributed by atoms with E-state index < -0.39 is 0 Å². The fourth-order valence-electron chi connectivity index (χ4n) is 1.92. The number of hydrogen-bond acceptors (Lipinski definition) is 4. The molecule has 1 heterocycles. The molecule has 0 atom stereocenters. The normalized spacial score (nSPS) is 10.9. The Balaban J connectivity index is 1.99. The molecule has 0 aliphatic rings. The average molecular weight is 307 g/mol. The lowest BCUT2D eigenvalue weighted by molar-refractivity contribution is 0.229. The third kappa shape index (κ3) is 4.34. The molecule has 5 heteroatoms. The number of phenols is 1. The number of para-hydroxylation sites is 1. The van der Waals surface area contributed by atoms with Crippen molar-refractivity contribution >= 4 is 11.6 Å². The Bertz CT molecular complexity index is 603. The molecule has 0 spiro atoms. The summed E-state index contributed by atoms with van der Waals surface area (Å²) in [6.45, 7) is 5.05. The molecule has 1 aromatic heterocycles. The highest BCUT2D eigenvalue weighted by molar-refractivity contribution is 6.32. The smallest absolute Gasteiger partial charge is 0.218 e. The molecule has 0 radical (unpaired) electrons. The second-order valence-corrected chi connectivity index (χ2v) is 5.39. The Morgan fingerprint density at radius 3 is 2.67 bits per heavy atom. The maximum atomic E-state index is 9.86. The molecule has 0 bridgehead atoms. The van der Waals surface area contributed by atoms with Gasteiger partial charge < -0.3 is 15.2 Å². The molecule has 0 aliphatic heterocycles. The first-order valence-corrected chi connectivity index (χ1v) is 7.23. The van der Waals surface area contributed by atoms with Crippen LogP contribution in [0.3, 0.4) is 0 Å². The number of benzene rings is 1. The highest BCUT2D eigenvalue weighted by Gasteiger charge is 2.08. The van der Waals surface area contributed by atoms with Gasteiger partial charge in [-0.1, -0.05) is 29.8 Å². The van der Waals surface area contributed by atoms with Crippen molar-refractivity contribution in [2.45, 2.75) is 33.0 Å². The van der Waals surface area contributed by atoms with Crippen molar-refractivity contribution < 1.29 is 9.84 Å². The molecule has 2 aromatic rings. The van der Waals surface area contributed by atoms with Crippen molar-refractivity contribution in [3.05, 3.63) is 52.7 Å². The molecule has 0 saturated carbocycles. The summed E-state index contributed by atoms with van der Waals surface area (Å²) in [5, 5.41) is 13.5. The van der Waals surface area contributed by atoms with Gasteiger partial charge in [-0.2, -0.15) is 0 Å². The largest absolute Gasteiger partial charge is 0.506 e. The van der Waals surface area contributed by atoms with Crippen LogP contribution in [-0.2, 0) is 13.1 Å². The van der Waals surface area contributed by atoms with Gasteiger partial charge in [0.05, 0.1) is 11.1 Å². The average Bonchev–Trinajstić information content (AvgIpc) is 2.45. The summed E-state index contributed by atoms with van der Waals surface area (Å²) < 4.78 is 5.67. The fraction of sp³-hybridized carbons (Fsp3) is 0.312. The number of hydrogen-bond donors (Lipinski definition) is 2. The molecule has 1 aromatic carbocycles. The lowest BCUT2D eigenvalue weighted by atomic mass is 10.2. The SMILES string of the molecule is CC(C)Oc1ncccc1CNCc1cccc(Cl)c1O. The Hall–Kier alpha value is -1.78. The minimum atomic E-state index is 0.0793. The second-order valence-electron chi connectivity index (χ2n) is 4.99. The summed E-state index contributed by atoms with van der Waals surface area (Å²) in [5.41, 5.74) is 1.74. The van der Waals surface area contributed by atoms with Crippen LogP contribution in [0.4, 0.5) is 0 Å². The minimum absolute atomic E-state index is 0.0793. The molecule has 21 heavy (non-hydrogen) atoms. The molecule has 4 nitrogen and oxygen atoms in total. The van der Waals surface area contributed by atoms with E-state index in [1.165, 1.54) is 0 Å². The fourth-order valence-corrected chi connectivity index (χ4v) is 2.12. The minimum Gasteiger partial charge on any atom is -0.506 e. The van der Waals surface area contributed by atoms with Crippen LogP contribution >= 0.6 is 11.6 Å². The lowest BCUT2D eigenvalue weighted by Crippen LogP contribution is -2.15. The summed E-state index contributed by atoms with van der Waals surface area (Å²) in [7, 11) is 0. The number of pyridine rings is 1. The number of halogens is 1.